The second kappa shape index (κ2) is 10.1. The monoisotopic (exact) mass is 555 g/mol. The average Bonchev–Trinajstić information content (AvgIpc) is 2.74. The molecule has 174 valence electrons. The zero-order chi connectivity index (χ0) is 24.0. The van der Waals surface area contributed by atoms with Gasteiger partial charge in [0.05, 0.1) is 17.1 Å². The fraction of sp³-hybridized carbons (Fsp3) is 0.250. The lowest BCUT2D eigenvalue weighted by Crippen LogP contribution is -2.33. The quantitative estimate of drug-likeness (QED) is 0.297. The van der Waals surface area contributed by atoms with Gasteiger partial charge >= 0.3 is 0 Å². The van der Waals surface area contributed by atoms with E-state index in [1.165, 1.54) is 0 Å². The van der Waals surface area contributed by atoms with E-state index in [1.54, 1.807) is 0 Å². The molecule has 33 heavy (non-hydrogen) atoms. The molecule has 1 saturated heterocycles. The molecule has 3 aromatic rings. The van der Waals surface area contributed by atoms with Gasteiger partial charge < -0.3 is 0 Å². The molecule has 0 unspecified atom stereocenters. The van der Waals surface area contributed by atoms with Crippen molar-refractivity contribution in [1.29, 1.82) is 0 Å². The molecule has 0 radical (unpaired) electrons. The van der Waals surface area contributed by atoms with Gasteiger partial charge in [0.25, 0.3) is 0 Å². The van der Waals surface area contributed by atoms with Crippen LogP contribution < -0.4 is 13.3 Å². The molecule has 0 saturated carbocycles. The summed E-state index contributed by atoms with van der Waals surface area (Å²) in [6.45, 7) is 12.7. The number of para-hydroxylation sites is 3. The van der Waals surface area contributed by atoms with Crippen molar-refractivity contribution in [2.24, 2.45) is 0 Å². The number of anilines is 3. The molecule has 4 rings (SSSR count). The van der Waals surface area contributed by atoms with Crippen LogP contribution >= 0.6 is 56.4 Å². The van der Waals surface area contributed by atoms with Gasteiger partial charge in [0, 0.05) is 0 Å². The summed E-state index contributed by atoms with van der Waals surface area (Å²) in [7, 11) is -4.08. The second-order valence-electron chi connectivity index (χ2n) is 8.31. The van der Waals surface area contributed by atoms with Gasteiger partial charge in [0.2, 0.25) is 22.7 Å². The largest absolute Gasteiger partial charge is 0.268 e. The summed E-state index contributed by atoms with van der Waals surface area (Å²) in [5.74, 6) is 0. The molecule has 3 aromatic carbocycles. The first-order valence-corrected chi connectivity index (χ1v) is 17.1. The smallest absolute Gasteiger partial charge is 0.209 e. The Bertz CT molecular complexity index is 974. The molecular formula is C24H27Cl3N3P3. The van der Waals surface area contributed by atoms with Gasteiger partial charge in [0.15, 0.2) is 0 Å². The number of nitrogens with zero attached hydrogens (tertiary/aromatic N) is 3. The number of benzene rings is 3. The van der Waals surface area contributed by atoms with Gasteiger partial charge in [-0.1, -0.05) is 54.6 Å². The van der Waals surface area contributed by atoms with Crippen LogP contribution in [0.15, 0.2) is 54.6 Å². The van der Waals surface area contributed by atoms with E-state index in [9.17, 15) is 0 Å². The lowest BCUT2D eigenvalue weighted by Gasteiger charge is -2.53. The Morgan fingerprint density at radius 1 is 0.424 bits per heavy atom. The van der Waals surface area contributed by atoms with E-state index in [0.29, 0.717) is 0 Å². The number of halogens is 3. The fourth-order valence-corrected chi connectivity index (χ4v) is 16.9. The molecule has 3 nitrogen and oxygen atoms in total. The molecule has 0 amide bonds. The maximum absolute atomic E-state index is 7.38. The number of aryl methyl sites for hydroxylation is 6. The van der Waals surface area contributed by atoms with Crippen LogP contribution in [0, 0.1) is 41.5 Å². The first-order chi connectivity index (χ1) is 15.6. The minimum atomic E-state index is -1.36. The van der Waals surface area contributed by atoms with Gasteiger partial charge in [-0.05, 0) is 109 Å². The summed E-state index contributed by atoms with van der Waals surface area (Å²) in [5.41, 5.74) is 10.2. The summed E-state index contributed by atoms with van der Waals surface area (Å²) in [5, 5.41) is 0. The van der Waals surface area contributed by atoms with Crippen LogP contribution in [0.1, 0.15) is 33.4 Å². The topological polar surface area (TPSA) is 9.72 Å². The molecular weight excluding hydrogens is 530 g/mol. The highest BCUT2D eigenvalue weighted by molar-refractivity contribution is 8.15. The second-order valence-corrected chi connectivity index (χ2v) is 15.8. The van der Waals surface area contributed by atoms with Crippen LogP contribution in [-0.4, -0.2) is 0 Å². The third-order valence-electron chi connectivity index (χ3n) is 5.86. The van der Waals surface area contributed by atoms with Gasteiger partial charge in [0.1, 0.15) is 0 Å². The molecule has 1 fully saturated rings. The van der Waals surface area contributed by atoms with Crippen molar-refractivity contribution in [2.45, 2.75) is 41.5 Å². The van der Waals surface area contributed by atoms with Crippen molar-refractivity contribution < 1.29 is 0 Å². The molecule has 0 bridgehead atoms. The summed E-state index contributed by atoms with van der Waals surface area (Å²) >= 11 is 22.1. The van der Waals surface area contributed by atoms with Crippen LogP contribution in [0.25, 0.3) is 0 Å². The standard InChI is InChI=1S/C24H27Cl3N3P3/c1-16-10-7-11-17(2)22(16)28-31(25)29(23-18(3)12-8-13-19(23)4)33(27)30(32(28)26)24-20(5)14-9-15-21(24)6/h7-15H,1-6H3. The maximum Gasteiger partial charge on any atom is 0.209 e. The van der Waals surface area contributed by atoms with Crippen molar-refractivity contribution in [3.63, 3.8) is 0 Å². The maximum atomic E-state index is 7.38. The molecule has 0 N–H and O–H groups in total. The highest BCUT2D eigenvalue weighted by Crippen LogP contribution is 2.84. The third kappa shape index (κ3) is 4.47. The Hall–Kier alpha value is -0.780. The highest BCUT2D eigenvalue weighted by atomic mass is 35.7. The van der Waals surface area contributed by atoms with Crippen LogP contribution in [-0.2, 0) is 0 Å². The predicted molar refractivity (Wildman–Crippen MR) is 154 cm³/mol. The summed E-state index contributed by atoms with van der Waals surface area (Å²) in [6, 6.07) is 18.9. The van der Waals surface area contributed by atoms with Gasteiger partial charge in [-0.2, -0.15) is 0 Å². The van der Waals surface area contributed by atoms with Gasteiger partial charge in [-0.15, -0.1) is 0 Å². The van der Waals surface area contributed by atoms with E-state index in [2.05, 4.69) is 109 Å². The Morgan fingerprint density at radius 2 is 0.606 bits per heavy atom. The van der Waals surface area contributed by atoms with Crippen LogP contribution in [0.3, 0.4) is 0 Å². The molecule has 0 aliphatic carbocycles. The zero-order valence-electron chi connectivity index (χ0n) is 19.5. The van der Waals surface area contributed by atoms with Crippen molar-refractivity contribution in [3.8, 4) is 0 Å². The van der Waals surface area contributed by atoms with E-state index < -0.39 is 22.7 Å². The minimum Gasteiger partial charge on any atom is -0.268 e. The van der Waals surface area contributed by atoms with Crippen LogP contribution in [0.4, 0.5) is 17.1 Å². The molecule has 1 aliphatic heterocycles. The van der Waals surface area contributed by atoms with Crippen LogP contribution in [0.2, 0.25) is 0 Å². The normalized spacial score (nSPS) is 21.0. The Kier molecular flexibility index (Phi) is 7.72. The summed E-state index contributed by atoms with van der Waals surface area (Å²) in [6.07, 6.45) is 0. The van der Waals surface area contributed by atoms with E-state index in [-0.39, 0.29) is 0 Å². The van der Waals surface area contributed by atoms with Crippen molar-refractivity contribution in [1.82, 2.24) is 0 Å². The Morgan fingerprint density at radius 3 is 0.788 bits per heavy atom. The van der Waals surface area contributed by atoms with E-state index in [0.717, 1.165) is 50.4 Å². The summed E-state index contributed by atoms with van der Waals surface area (Å²) in [4.78, 5) is 0. The van der Waals surface area contributed by atoms with Crippen LogP contribution in [0.5, 0.6) is 0 Å². The molecule has 0 aromatic heterocycles. The highest BCUT2D eigenvalue weighted by Gasteiger charge is 2.49. The molecule has 1 heterocycles. The minimum absolute atomic E-state index is 1.09. The lowest BCUT2D eigenvalue weighted by atomic mass is 10.1. The molecule has 0 atom stereocenters. The SMILES string of the molecule is Cc1cccc(C)c1N1P(Cl)N(c2c(C)cccc2C)P(Cl)N(c2c(C)cccc2C)P1Cl. The first kappa shape index (κ1) is 25.3. The predicted octanol–water partition coefficient (Wildman–Crippen LogP) is 10.8. The van der Waals surface area contributed by atoms with Crippen molar-refractivity contribution in [2.75, 3.05) is 13.3 Å². The van der Waals surface area contributed by atoms with E-state index in [4.69, 9.17) is 33.7 Å². The third-order valence-corrected chi connectivity index (χ3v) is 16.6. The first-order valence-electron chi connectivity index (χ1n) is 10.6. The zero-order valence-corrected chi connectivity index (χ0v) is 24.5. The van der Waals surface area contributed by atoms with Gasteiger partial charge in [-0.25, -0.2) is 0 Å². The Labute approximate surface area is 215 Å². The number of hydrogen-bond acceptors (Lipinski definition) is 3. The van der Waals surface area contributed by atoms with E-state index in [1.807, 2.05) is 0 Å². The lowest BCUT2D eigenvalue weighted by molar-refractivity contribution is 1.29. The summed E-state index contributed by atoms with van der Waals surface area (Å²) < 4.78 is 6.66. The molecule has 1 aliphatic rings. The number of rotatable bonds is 3. The molecule has 9 heteroatoms. The number of hydrogen-bond donors (Lipinski definition) is 0. The average molecular weight is 557 g/mol. The van der Waals surface area contributed by atoms with Gasteiger partial charge in [-0.3, -0.25) is 13.3 Å². The van der Waals surface area contributed by atoms with Crippen molar-refractivity contribution in [3.05, 3.63) is 88.0 Å². The molecule has 0 spiro atoms. The Balaban J connectivity index is 1.99. The van der Waals surface area contributed by atoms with E-state index >= 15 is 0 Å². The fourth-order valence-electron chi connectivity index (χ4n) is 4.28. The van der Waals surface area contributed by atoms with Crippen molar-refractivity contribution >= 4 is 73.5 Å².